The topological polar surface area (TPSA) is 103 Å². The van der Waals surface area contributed by atoms with Crippen LogP contribution >= 0.6 is 0 Å². The quantitative estimate of drug-likeness (QED) is 0.594. The summed E-state index contributed by atoms with van der Waals surface area (Å²) in [4.78, 5) is 12.1. The predicted molar refractivity (Wildman–Crippen MR) is 90.1 cm³/mol. The van der Waals surface area contributed by atoms with Gasteiger partial charge in [-0.15, -0.1) is 0 Å². The number of H-pyrrole nitrogens is 1. The van der Waals surface area contributed by atoms with Crippen molar-refractivity contribution in [2.75, 3.05) is 5.73 Å². The fourth-order valence-corrected chi connectivity index (χ4v) is 2.50. The molecular formula is C17H13FN6O. The molecule has 124 valence electrons. The summed E-state index contributed by atoms with van der Waals surface area (Å²) in [5.74, 6) is -0.0707. The summed E-state index contributed by atoms with van der Waals surface area (Å²) >= 11 is 0. The van der Waals surface area contributed by atoms with E-state index in [0.29, 0.717) is 22.3 Å². The van der Waals surface area contributed by atoms with Gasteiger partial charge in [0.15, 0.2) is 17.2 Å². The lowest BCUT2D eigenvalue weighted by atomic mass is 10.1. The zero-order valence-electron chi connectivity index (χ0n) is 13.0. The Bertz CT molecular complexity index is 1030. The Hall–Kier alpha value is -3.55. The number of fused-ring (bicyclic) bond motifs is 1. The standard InChI is InChI=1S/C17H13FN6O/c18-12-7-10(15-14-16(19)21-9-22-17(14)24-23-15)4-5-13(12)25-8-11-3-1-2-6-20-11/h1-7,9H,8H2,(H3,19,21,22,23,24). The number of hydrogen-bond acceptors (Lipinski definition) is 6. The van der Waals surface area contributed by atoms with Crippen LogP contribution in [0.25, 0.3) is 22.3 Å². The van der Waals surface area contributed by atoms with E-state index in [4.69, 9.17) is 10.5 Å². The molecule has 1 aromatic carbocycles. The largest absolute Gasteiger partial charge is 0.484 e. The molecule has 7 nitrogen and oxygen atoms in total. The Morgan fingerprint density at radius 3 is 2.84 bits per heavy atom. The van der Waals surface area contributed by atoms with Crippen molar-refractivity contribution in [1.29, 1.82) is 0 Å². The summed E-state index contributed by atoms with van der Waals surface area (Å²) in [5, 5.41) is 7.45. The average molecular weight is 336 g/mol. The minimum Gasteiger partial charge on any atom is -0.484 e. The van der Waals surface area contributed by atoms with Gasteiger partial charge in [-0.1, -0.05) is 6.07 Å². The van der Waals surface area contributed by atoms with Crippen LogP contribution in [-0.4, -0.2) is 25.1 Å². The molecule has 3 aromatic heterocycles. The lowest BCUT2D eigenvalue weighted by Gasteiger charge is -2.08. The third kappa shape index (κ3) is 2.85. The predicted octanol–water partition coefficient (Wildman–Crippen LogP) is 2.72. The molecule has 0 radical (unpaired) electrons. The molecule has 0 aliphatic rings. The van der Waals surface area contributed by atoms with E-state index in [-0.39, 0.29) is 18.2 Å². The number of nitrogens with two attached hydrogens (primary N) is 1. The minimum atomic E-state index is -0.494. The van der Waals surface area contributed by atoms with E-state index in [0.717, 1.165) is 5.69 Å². The van der Waals surface area contributed by atoms with Gasteiger partial charge in [-0.2, -0.15) is 5.10 Å². The first-order chi connectivity index (χ1) is 12.2. The highest BCUT2D eigenvalue weighted by Gasteiger charge is 2.14. The second kappa shape index (κ2) is 6.16. The first-order valence-electron chi connectivity index (χ1n) is 7.49. The molecule has 25 heavy (non-hydrogen) atoms. The van der Waals surface area contributed by atoms with E-state index >= 15 is 0 Å². The SMILES string of the molecule is Nc1ncnc2n[nH]c(-c3ccc(OCc4ccccn4)c(F)c3)c12. The van der Waals surface area contributed by atoms with Gasteiger partial charge in [-0.05, 0) is 30.3 Å². The number of anilines is 1. The number of aromatic amines is 1. The number of halogens is 1. The summed E-state index contributed by atoms with van der Waals surface area (Å²) in [6, 6.07) is 10.1. The number of ether oxygens (including phenoxy) is 1. The monoisotopic (exact) mass is 336 g/mol. The molecule has 4 rings (SSSR count). The molecule has 0 amide bonds. The molecule has 0 fully saturated rings. The fourth-order valence-electron chi connectivity index (χ4n) is 2.50. The molecule has 0 spiro atoms. The number of pyridine rings is 1. The molecule has 3 heterocycles. The smallest absolute Gasteiger partial charge is 0.186 e. The van der Waals surface area contributed by atoms with Crippen LogP contribution in [0.4, 0.5) is 10.2 Å². The lowest BCUT2D eigenvalue weighted by molar-refractivity contribution is 0.286. The Morgan fingerprint density at radius 1 is 1.12 bits per heavy atom. The first-order valence-corrected chi connectivity index (χ1v) is 7.49. The van der Waals surface area contributed by atoms with Gasteiger partial charge < -0.3 is 10.5 Å². The van der Waals surface area contributed by atoms with Crippen molar-refractivity contribution in [1.82, 2.24) is 25.1 Å². The van der Waals surface area contributed by atoms with Crippen LogP contribution in [-0.2, 0) is 6.61 Å². The van der Waals surface area contributed by atoms with E-state index in [1.165, 1.54) is 12.4 Å². The van der Waals surface area contributed by atoms with Crippen LogP contribution in [0.5, 0.6) is 5.75 Å². The Morgan fingerprint density at radius 2 is 2.04 bits per heavy atom. The van der Waals surface area contributed by atoms with Crippen LogP contribution in [0.1, 0.15) is 5.69 Å². The van der Waals surface area contributed by atoms with Gasteiger partial charge in [0.2, 0.25) is 0 Å². The molecule has 4 aromatic rings. The molecule has 3 N–H and O–H groups in total. The Labute approximate surface area is 141 Å². The van der Waals surface area contributed by atoms with Gasteiger partial charge >= 0.3 is 0 Å². The third-order valence-electron chi connectivity index (χ3n) is 3.70. The lowest BCUT2D eigenvalue weighted by Crippen LogP contribution is -1.99. The van der Waals surface area contributed by atoms with E-state index in [9.17, 15) is 4.39 Å². The zero-order valence-corrected chi connectivity index (χ0v) is 13.0. The molecular weight excluding hydrogens is 323 g/mol. The molecule has 0 bridgehead atoms. The molecule has 0 atom stereocenters. The van der Waals surface area contributed by atoms with Crippen LogP contribution in [0.3, 0.4) is 0 Å². The zero-order chi connectivity index (χ0) is 17.2. The summed E-state index contributed by atoms with van der Waals surface area (Å²) in [6.45, 7) is 0.185. The van der Waals surface area contributed by atoms with Crippen LogP contribution in [0.15, 0.2) is 48.9 Å². The number of benzene rings is 1. The summed E-state index contributed by atoms with van der Waals surface area (Å²) in [5.41, 5.74) is 8.16. The fraction of sp³-hybridized carbons (Fsp3) is 0.0588. The van der Waals surface area contributed by atoms with Gasteiger partial charge in [0.1, 0.15) is 18.8 Å². The number of rotatable bonds is 4. The minimum absolute atomic E-state index is 0.141. The number of nitrogens with zero attached hydrogens (tertiary/aromatic N) is 4. The average Bonchev–Trinajstić information content (AvgIpc) is 3.07. The molecule has 0 aliphatic heterocycles. The second-order valence-corrected chi connectivity index (χ2v) is 5.31. The van der Waals surface area contributed by atoms with Crippen LogP contribution in [0.2, 0.25) is 0 Å². The van der Waals surface area contributed by atoms with Crippen molar-refractivity contribution in [2.45, 2.75) is 6.61 Å². The number of aromatic nitrogens is 5. The molecule has 0 unspecified atom stereocenters. The molecule has 0 saturated heterocycles. The van der Waals surface area contributed by atoms with E-state index < -0.39 is 5.82 Å². The van der Waals surface area contributed by atoms with Crippen LogP contribution < -0.4 is 10.5 Å². The second-order valence-electron chi connectivity index (χ2n) is 5.31. The van der Waals surface area contributed by atoms with Gasteiger partial charge in [-0.25, -0.2) is 14.4 Å². The number of hydrogen-bond donors (Lipinski definition) is 2. The normalized spacial score (nSPS) is 10.9. The number of nitrogen functional groups attached to an aromatic ring is 1. The van der Waals surface area contributed by atoms with Crippen molar-refractivity contribution >= 4 is 16.9 Å². The van der Waals surface area contributed by atoms with Crippen molar-refractivity contribution in [3.8, 4) is 17.0 Å². The van der Waals surface area contributed by atoms with Gasteiger partial charge in [0.25, 0.3) is 0 Å². The van der Waals surface area contributed by atoms with E-state index in [2.05, 4.69) is 25.1 Å². The summed E-state index contributed by atoms with van der Waals surface area (Å²) in [6.07, 6.45) is 2.99. The molecule has 0 saturated carbocycles. The molecule has 0 aliphatic carbocycles. The number of nitrogens with one attached hydrogen (secondary N) is 1. The van der Waals surface area contributed by atoms with Gasteiger partial charge in [0.05, 0.1) is 16.8 Å². The van der Waals surface area contributed by atoms with E-state index in [1.807, 2.05) is 18.2 Å². The van der Waals surface area contributed by atoms with E-state index in [1.54, 1.807) is 18.3 Å². The Balaban J connectivity index is 1.63. The maximum atomic E-state index is 14.4. The maximum absolute atomic E-state index is 14.4. The highest BCUT2D eigenvalue weighted by molar-refractivity contribution is 5.97. The first kappa shape index (κ1) is 15.0. The van der Waals surface area contributed by atoms with Crippen molar-refractivity contribution in [3.63, 3.8) is 0 Å². The van der Waals surface area contributed by atoms with Gasteiger partial charge in [0, 0.05) is 11.8 Å². The molecule has 8 heteroatoms. The van der Waals surface area contributed by atoms with Crippen LogP contribution in [0, 0.1) is 5.82 Å². The maximum Gasteiger partial charge on any atom is 0.186 e. The Kier molecular flexibility index (Phi) is 3.70. The van der Waals surface area contributed by atoms with Crippen molar-refractivity contribution in [2.24, 2.45) is 0 Å². The summed E-state index contributed by atoms with van der Waals surface area (Å²) in [7, 11) is 0. The highest BCUT2D eigenvalue weighted by Crippen LogP contribution is 2.31. The third-order valence-corrected chi connectivity index (χ3v) is 3.70. The highest BCUT2D eigenvalue weighted by atomic mass is 19.1. The van der Waals surface area contributed by atoms with Crippen molar-refractivity contribution < 1.29 is 9.13 Å². The van der Waals surface area contributed by atoms with Gasteiger partial charge in [-0.3, -0.25) is 10.1 Å². The summed E-state index contributed by atoms with van der Waals surface area (Å²) < 4.78 is 19.9. The van der Waals surface area contributed by atoms with Crippen molar-refractivity contribution in [3.05, 3.63) is 60.4 Å².